The Bertz CT molecular complexity index is 609. The molecule has 7 heteroatoms. The molecule has 0 radical (unpaired) electrons. The summed E-state index contributed by atoms with van der Waals surface area (Å²) in [5, 5.41) is 10.4. The number of nitrogens with zero attached hydrogens (tertiary/aromatic N) is 2. The Morgan fingerprint density at radius 1 is 1.35 bits per heavy atom. The first-order chi connectivity index (χ1) is 9.63. The molecular formula is C13H15N3O4. The molecule has 1 aromatic carbocycles. The Morgan fingerprint density at radius 3 is 2.75 bits per heavy atom. The quantitative estimate of drug-likeness (QED) is 0.894. The summed E-state index contributed by atoms with van der Waals surface area (Å²) >= 11 is 0. The number of anilines is 1. The minimum atomic E-state index is -0.273. The number of methoxy groups -OCH3 is 2. The van der Waals surface area contributed by atoms with E-state index in [4.69, 9.17) is 13.9 Å². The zero-order chi connectivity index (χ0) is 14.5. The highest BCUT2D eigenvalue weighted by Gasteiger charge is 2.12. The molecule has 0 aliphatic heterocycles. The van der Waals surface area contributed by atoms with Crippen molar-refractivity contribution in [2.45, 2.75) is 6.92 Å². The van der Waals surface area contributed by atoms with Gasteiger partial charge in [0.2, 0.25) is 17.7 Å². The van der Waals surface area contributed by atoms with Gasteiger partial charge in [-0.3, -0.25) is 4.79 Å². The fourth-order valence-electron chi connectivity index (χ4n) is 1.67. The molecule has 1 aromatic heterocycles. The van der Waals surface area contributed by atoms with Crippen molar-refractivity contribution >= 4 is 11.6 Å². The van der Waals surface area contributed by atoms with Gasteiger partial charge in [0.15, 0.2) is 0 Å². The molecule has 0 aliphatic rings. The molecule has 1 amide bonds. The van der Waals surface area contributed by atoms with E-state index < -0.39 is 0 Å². The molecule has 7 nitrogen and oxygen atoms in total. The fraction of sp³-hybridized carbons (Fsp3) is 0.308. The molecule has 0 spiro atoms. The van der Waals surface area contributed by atoms with Crippen LogP contribution in [-0.4, -0.2) is 36.9 Å². The maximum absolute atomic E-state index is 11.6. The van der Waals surface area contributed by atoms with Crippen LogP contribution in [0.4, 0.5) is 5.69 Å². The molecule has 1 heterocycles. The number of carbonyl (C=O) groups excluding carboxylic acids is 1. The molecule has 1 N–H and O–H groups in total. The first kappa shape index (κ1) is 14.0. The summed E-state index contributed by atoms with van der Waals surface area (Å²) < 4.78 is 15.3. The highest BCUT2D eigenvalue weighted by Crippen LogP contribution is 2.30. The van der Waals surface area contributed by atoms with E-state index in [9.17, 15) is 4.79 Å². The molecule has 2 rings (SSSR count). The van der Waals surface area contributed by atoms with Crippen LogP contribution in [0.3, 0.4) is 0 Å². The number of nitrogens with one attached hydrogen (secondary N) is 1. The average Bonchev–Trinajstić information content (AvgIpc) is 2.85. The molecule has 0 unspecified atom stereocenters. The number of amides is 1. The van der Waals surface area contributed by atoms with Gasteiger partial charge in [-0.25, -0.2) is 0 Å². The summed E-state index contributed by atoms with van der Waals surface area (Å²) in [7, 11) is 2.98. The second-order valence-corrected chi connectivity index (χ2v) is 4.02. The zero-order valence-corrected chi connectivity index (χ0v) is 11.5. The minimum absolute atomic E-state index is 0.0347. The lowest BCUT2D eigenvalue weighted by Gasteiger charge is -2.10. The van der Waals surface area contributed by atoms with Gasteiger partial charge in [-0.05, 0) is 18.2 Å². The number of hydrogen-bond donors (Lipinski definition) is 1. The van der Waals surface area contributed by atoms with E-state index in [2.05, 4.69) is 15.5 Å². The van der Waals surface area contributed by atoms with Crippen molar-refractivity contribution in [3.05, 3.63) is 24.1 Å². The van der Waals surface area contributed by atoms with Gasteiger partial charge in [0.25, 0.3) is 0 Å². The third-order valence-electron chi connectivity index (χ3n) is 2.52. The summed E-state index contributed by atoms with van der Waals surface area (Å²) in [5.41, 5.74) is 1.21. The number of rotatable bonds is 5. The van der Waals surface area contributed by atoms with E-state index in [1.807, 2.05) is 0 Å². The Labute approximate surface area is 115 Å². The molecule has 2 aromatic rings. The molecule has 0 saturated carbocycles. The Balaban J connectivity index is 2.31. The number of hydrogen-bond acceptors (Lipinski definition) is 6. The Hall–Kier alpha value is -2.41. The van der Waals surface area contributed by atoms with Crippen LogP contribution in [0.1, 0.15) is 5.89 Å². The van der Waals surface area contributed by atoms with E-state index >= 15 is 0 Å². The summed E-state index contributed by atoms with van der Waals surface area (Å²) in [4.78, 5) is 11.6. The van der Waals surface area contributed by atoms with Crippen molar-refractivity contribution < 1.29 is 18.7 Å². The van der Waals surface area contributed by atoms with E-state index in [-0.39, 0.29) is 12.5 Å². The number of aromatic nitrogens is 2. The van der Waals surface area contributed by atoms with Crippen LogP contribution in [0.2, 0.25) is 0 Å². The van der Waals surface area contributed by atoms with Crippen LogP contribution >= 0.6 is 0 Å². The lowest BCUT2D eigenvalue weighted by Crippen LogP contribution is -2.17. The predicted octanol–water partition coefficient (Wildman–Crippen LogP) is 1.64. The van der Waals surface area contributed by atoms with Crippen LogP contribution in [0.25, 0.3) is 11.5 Å². The first-order valence-corrected chi connectivity index (χ1v) is 5.91. The van der Waals surface area contributed by atoms with Crippen molar-refractivity contribution in [1.82, 2.24) is 10.2 Å². The molecular weight excluding hydrogens is 262 g/mol. The van der Waals surface area contributed by atoms with E-state index in [1.54, 1.807) is 25.1 Å². The second kappa shape index (κ2) is 6.16. The Kier molecular flexibility index (Phi) is 4.31. The van der Waals surface area contributed by atoms with Crippen LogP contribution in [-0.2, 0) is 9.53 Å². The molecule has 20 heavy (non-hydrogen) atoms. The van der Waals surface area contributed by atoms with Gasteiger partial charge < -0.3 is 19.2 Å². The maximum Gasteiger partial charge on any atom is 0.250 e. The van der Waals surface area contributed by atoms with Gasteiger partial charge in [0, 0.05) is 19.6 Å². The monoisotopic (exact) mass is 277 g/mol. The van der Waals surface area contributed by atoms with Crippen molar-refractivity contribution in [2.24, 2.45) is 0 Å². The number of aryl methyl sites for hydroxylation is 1. The van der Waals surface area contributed by atoms with Gasteiger partial charge in [-0.15, -0.1) is 10.2 Å². The summed E-state index contributed by atoms with van der Waals surface area (Å²) in [6.45, 7) is 1.67. The minimum Gasteiger partial charge on any atom is -0.495 e. The van der Waals surface area contributed by atoms with Gasteiger partial charge in [-0.2, -0.15) is 0 Å². The van der Waals surface area contributed by atoms with Crippen molar-refractivity contribution in [3.8, 4) is 17.2 Å². The van der Waals surface area contributed by atoms with Gasteiger partial charge in [0.05, 0.1) is 12.8 Å². The largest absolute Gasteiger partial charge is 0.495 e. The smallest absolute Gasteiger partial charge is 0.250 e. The van der Waals surface area contributed by atoms with E-state index in [1.165, 1.54) is 14.2 Å². The lowest BCUT2D eigenvalue weighted by molar-refractivity contribution is -0.119. The normalized spacial score (nSPS) is 10.3. The fourth-order valence-corrected chi connectivity index (χ4v) is 1.67. The van der Waals surface area contributed by atoms with Gasteiger partial charge in [-0.1, -0.05) is 0 Å². The lowest BCUT2D eigenvalue weighted by atomic mass is 10.2. The number of benzene rings is 1. The zero-order valence-electron chi connectivity index (χ0n) is 11.5. The molecule has 0 atom stereocenters. The van der Waals surface area contributed by atoms with Crippen molar-refractivity contribution in [1.29, 1.82) is 0 Å². The van der Waals surface area contributed by atoms with Crippen LogP contribution in [0, 0.1) is 6.92 Å². The molecule has 0 aliphatic carbocycles. The van der Waals surface area contributed by atoms with Crippen LogP contribution in [0.5, 0.6) is 5.75 Å². The SMILES string of the molecule is COCC(=O)Nc1cc(-c2nnc(C)o2)ccc1OC. The summed E-state index contributed by atoms with van der Waals surface area (Å²) in [5.74, 6) is 1.12. The number of carbonyl (C=O) groups is 1. The second-order valence-electron chi connectivity index (χ2n) is 4.02. The molecule has 0 saturated heterocycles. The standard InChI is InChI=1S/C13H15N3O4/c1-8-15-16-13(20-8)9-4-5-11(19-3)10(6-9)14-12(17)7-18-2/h4-6H,7H2,1-3H3,(H,14,17). The highest BCUT2D eigenvalue weighted by atomic mass is 16.5. The highest BCUT2D eigenvalue weighted by molar-refractivity contribution is 5.93. The third-order valence-corrected chi connectivity index (χ3v) is 2.52. The predicted molar refractivity (Wildman–Crippen MR) is 71.5 cm³/mol. The summed E-state index contributed by atoms with van der Waals surface area (Å²) in [6.07, 6.45) is 0. The first-order valence-electron chi connectivity index (χ1n) is 5.91. The van der Waals surface area contributed by atoms with Crippen molar-refractivity contribution in [2.75, 3.05) is 26.1 Å². The maximum atomic E-state index is 11.6. The van der Waals surface area contributed by atoms with Crippen molar-refractivity contribution in [3.63, 3.8) is 0 Å². The van der Waals surface area contributed by atoms with Crippen LogP contribution < -0.4 is 10.1 Å². The topological polar surface area (TPSA) is 86.5 Å². The summed E-state index contributed by atoms with van der Waals surface area (Å²) in [6, 6.07) is 5.20. The average molecular weight is 277 g/mol. The molecule has 106 valence electrons. The van der Waals surface area contributed by atoms with Gasteiger partial charge >= 0.3 is 0 Å². The Morgan fingerprint density at radius 2 is 2.15 bits per heavy atom. The van der Waals surface area contributed by atoms with Crippen LogP contribution in [0.15, 0.2) is 22.6 Å². The molecule has 0 fully saturated rings. The van der Waals surface area contributed by atoms with Gasteiger partial charge in [0.1, 0.15) is 12.4 Å². The number of ether oxygens (including phenoxy) is 2. The molecule has 0 bridgehead atoms. The van der Waals surface area contributed by atoms with E-state index in [0.29, 0.717) is 28.8 Å². The van der Waals surface area contributed by atoms with E-state index in [0.717, 1.165) is 0 Å². The third kappa shape index (κ3) is 3.12.